The molecule has 5 heteroatoms. The molecular formula is C16H24N4O. The zero-order valence-corrected chi connectivity index (χ0v) is 13.0. The lowest BCUT2D eigenvalue weighted by atomic mass is 9.96. The zero-order chi connectivity index (χ0) is 14.8. The zero-order valence-electron chi connectivity index (χ0n) is 13.0. The second-order valence-electron chi connectivity index (χ2n) is 6.22. The SMILES string of the molecule is CCC(=O)N1CCC[C@H](c2ncc3c(n2)CCN(C)C3)C1. The molecule has 0 radical (unpaired) electrons. The molecule has 1 atom stereocenters. The second-order valence-corrected chi connectivity index (χ2v) is 6.22. The van der Waals surface area contributed by atoms with Crippen LogP contribution in [0.4, 0.5) is 0 Å². The molecule has 5 nitrogen and oxygen atoms in total. The first kappa shape index (κ1) is 14.4. The molecule has 21 heavy (non-hydrogen) atoms. The van der Waals surface area contributed by atoms with Crippen LogP contribution in [0.1, 0.15) is 49.2 Å². The normalized spacial score (nSPS) is 23.0. The van der Waals surface area contributed by atoms with Crippen LogP contribution in [0.5, 0.6) is 0 Å². The predicted molar refractivity (Wildman–Crippen MR) is 80.9 cm³/mol. The van der Waals surface area contributed by atoms with Gasteiger partial charge in [0, 0.05) is 62.4 Å². The molecule has 0 N–H and O–H groups in total. The summed E-state index contributed by atoms with van der Waals surface area (Å²) in [6, 6.07) is 0. The standard InChI is InChI=1S/C16H24N4O/c1-3-15(21)20-7-4-5-12(11-20)16-17-9-13-10-19(2)8-6-14(13)18-16/h9,12H,3-8,10-11H2,1-2H3/t12-/m0/s1. The lowest BCUT2D eigenvalue weighted by Crippen LogP contribution is -2.39. The maximum absolute atomic E-state index is 11.9. The molecule has 0 unspecified atom stereocenters. The Morgan fingerprint density at radius 1 is 1.43 bits per heavy atom. The summed E-state index contributed by atoms with van der Waals surface area (Å²) in [6.45, 7) is 5.61. The van der Waals surface area contributed by atoms with Crippen LogP contribution in [-0.4, -0.2) is 52.4 Å². The van der Waals surface area contributed by atoms with E-state index in [4.69, 9.17) is 4.98 Å². The van der Waals surface area contributed by atoms with Gasteiger partial charge >= 0.3 is 0 Å². The van der Waals surface area contributed by atoms with Gasteiger partial charge in [0.25, 0.3) is 0 Å². The maximum Gasteiger partial charge on any atom is 0.222 e. The summed E-state index contributed by atoms with van der Waals surface area (Å²) in [5.74, 6) is 1.49. The molecule has 1 amide bonds. The number of rotatable bonds is 2. The summed E-state index contributed by atoms with van der Waals surface area (Å²) >= 11 is 0. The van der Waals surface area contributed by atoms with E-state index in [1.165, 1.54) is 11.3 Å². The number of aromatic nitrogens is 2. The van der Waals surface area contributed by atoms with Crippen molar-refractivity contribution in [1.29, 1.82) is 0 Å². The summed E-state index contributed by atoms with van der Waals surface area (Å²) in [6.07, 6.45) is 5.73. The number of carbonyl (C=O) groups excluding carboxylic acids is 1. The topological polar surface area (TPSA) is 49.3 Å². The number of likely N-dealkylation sites (tertiary alicyclic amines) is 1. The summed E-state index contributed by atoms with van der Waals surface area (Å²) in [4.78, 5) is 25.6. The average molecular weight is 288 g/mol. The third-order valence-corrected chi connectivity index (χ3v) is 4.59. The van der Waals surface area contributed by atoms with Crippen molar-refractivity contribution >= 4 is 5.91 Å². The highest BCUT2D eigenvalue weighted by Gasteiger charge is 2.26. The van der Waals surface area contributed by atoms with Crippen molar-refractivity contribution in [2.24, 2.45) is 0 Å². The number of nitrogens with zero attached hydrogens (tertiary/aromatic N) is 4. The van der Waals surface area contributed by atoms with E-state index in [-0.39, 0.29) is 5.91 Å². The van der Waals surface area contributed by atoms with Crippen molar-refractivity contribution in [3.63, 3.8) is 0 Å². The molecule has 1 fully saturated rings. The molecule has 3 rings (SSSR count). The van der Waals surface area contributed by atoms with Crippen LogP contribution >= 0.6 is 0 Å². The number of hydrogen-bond acceptors (Lipinski definition) is 4. The van der Waals surface area contributed by atoms with Gasteiger partial charge in [0.1, 0.15) is 5.82 Å². The number of piperidine rings is 1. The molecular weight excluding hydrogens is 264 g/mol. The first-order valence-electron chi connectivity index (χ1n) is 7.98. The second kappa shape index (κ2) is 6.10. The van der Waals surface area contributed by atoms with Gasteiger partial charge in [-0.15, -0.1) is 0 Å². The van der Waals surface area contributed by atoms with Crippen molar-refractivity contribution < 1.29 is 4.79 Å². The smallest absolute Gasteiger partial charge is 0.222 e. The van der Waals surface area contributed by atoms with E-state index in [2.05, 4.69) is 16.9 Å². The third kappa shape index (κ3) is 3.07. The largest absolute Gasteiger partial charge is 0.342 e. The fourth-order valence-electron chi connectivity index (χ4n) is 3.31. The average Bonchev–Trinajstić information content (AvgIpc) is 2.53. The van der Waals surface area contributed by atoms with Crippen LogP contribution in [0.15, 0.2) is 6.20 Å². The number of amides is 1. The first-order chi connectivity index (χ1) is 10.2. The third-order valence-electron chi connectivity index (χ3n) is 4.59. The minimum atomic E-state index is 0.249. The summed E-state index contributed by atoms with van der Waals surface area (Å²) < 4.78 is 0. The van der Waals surface area contributed by atoms with Gasteiger partial charge in [-0.1, -0.05) is 6.92 Å². The number of carbonyl (C=O) groups is 1. The Bertz CT molecular complexity index is 531. The van der Waals surface area contributed by atoms with E-state index in [0.717, 1.165) is 51.3 Å². The summed E-state index contributed by atoms with van der Waals surface area (Å²) in [7, 11) is 2.13. The van der Waals surface area contributed by atoms with Gasteiger partial charge in [0.2, 0.25) is 5.91 Å². The van der Waals surface area contributed by atoms with Crippen LogP contribution in [-0.2, 0) is 17.8 Å². The van der Waals surface area contributed by atoms with E-state index in [0.29, 0.717) is 12.3 Å². The Balaban J connectivity index is 1.76. The minimum Gasteiger partial charge on any atom is -0.342 e. The van der Waals surface area contributed by atoms with Gasteiger partial charge < -0.3 is 9.80 Å². The summed E-state index contributed by atoms with van der Waals surface area (Å²) in [5, 5.41) is 0. The molecule has 0 bridgehead atoms. The van der Waals surface area contributed by atoms with Crippen molar-refractivity contribution in [2.45, 2.75) is 45.1 Å². The van der Waals surface area contributed by atoms with E-state index >= 15 is 0 Å². The molecule has 0 saturated carbocycles. The predicted octanol–water partition coefficient (Wildman–Crippen LogP) is 1.58. The lowest BCUT2D eigenvalue weighted by molar-refractivity contribution is -0.132. The van der Waals surface area contributed by atoms with E-state index < -0.39 is 0 Å². The summed E-state index contributed by atoms with van der Waals surface area (Å²) in [5.41, 5.74) is 2.46. The van der Waals surface area contributed by atoms with Gasteiger partial charge in [-0.25, -0.2) is 9.97 Å². The number of hydrogen-bond donors (Lipinski definition) is 0. The molecule has 114 valence electrons. The highest BCUT2D eigenvalue weighted by Crippen LogP contribution is 2.26. The molecule has 0 aromatic carbocycles. The Morgan fingerprint density at radius 2 is 2.29 bits per heavy atom. The van der Waals surface area contributed by atoms with Crippen LogP contribution in [0.3, 0.4) is 0 Å². The van der Waals surface area contributed by atoms with E-state index in [1.807, 2.05) is 18.0 Å². The lowest BCUT2D eigenvalue weighted by Gasteiger charge is -2.32. The monoisotopic (exact) mass is 288 g/mol. The highest BCUT2D eigenvalue weighted by atomic mass is 16.2. The van der Waals surface area contributed by atoms with Crippen LogP contribution in [0, 0.1) is 0 Å². The minimum absolute atomic E-state index is 0.249. The molecule has 2 aliphatic rings. The van der Waals surface area contributed by atoms with Crippen molar-refractivity contribution in [3.05, 3.63) is 23.3 Å². The molecule has 1 saturated heterocycles. The van der Waals surface area contributed by atoms with Crippen molar-refractivity contribution in [1.82, 2.24) is 19.8 Å². The van der Waals surface area contributed by atoms with Gasteiger partial charge in [-0.2, -0.15) is 0 Å². The fourth-order valence-corrected chi connectivity index (χ4v) is 3.31. The quantitative estimate of drug-likeness (QED) is 0.829. The maximum atomic E-state index is 11.9. The fraction of sp³-hybridized carbons (Fsp3) is 0.688. The highest BCUT2D eigenvalue weighted by molar-refractivity contribution is 5.75. The molecule has 1 aromatic rings. The molecule has 1 aromatic heterocycles. The van der Waals surface area contributed by atoms with Crippen molar-refractivity contribution in [3.8, 4) is 0 Å². The Labute approximate surface area is 126 Å². The van der Waals surface area contributed by atoms with Gasteiger partial charge in [-0.05, 0) is 19.9 Å². The van der Waals surface area contributed by atoms with Gasteiger partial charge in [0.15, 0.2) is 0 Å². The first-order valence-corrected chi connectivity index (χ1v) is 7.98. The van der Waals surface area contributed by atoms with Crippen molar-refractivity contribution in [2.75, 3.05) is 26.7 Å². The Morgan fingerprint density at radius 3 is 3.10 bits per heavy atom. The van der Waals surface area contributed by atoms with Gasteiger partial charge in [0.05, 0.1) is 0 Å². The molecule has 3 heterocycles. The van der Waals surface area contributed by atoms with Crippen LogP contribution in [0.25, 0.3) is 0 Å². The molecule has 0 aliphatic carbocycles. The Hall–Kier alpha value is -1.49. The van der Waals surface area contributed by atoms with Crippen LogP contribution < -0.4 is 0 Å². The number of fused-ring (bicyclic) bond motifs is 1. The number of likely N-dealkylation sites (N-methyl/N-ethyl adjacent to an activating group) is 1. The van der Waals surface area contributed by atoms with E-state index in [1.54, 1.807) is 0 Å². The molecule has 2 aliphatic heterocycles. The molecule has 0 spiro atoms. The Kier molecular flexibility index (Phi) is 4.19. The van der Waals surface area contributed by atoms with E-state index in [9.17, 15) is 4.79 Å². The van der Waals surface area contributed by atoms with Crippen LogP contribution in [0.2, 0.25) is 0 Å². The van der Waals surface area contributed by atoms with Gasteiger partial charge in [-0.3, -0.25) is 4.79 Å².